The average Bonchev–Trinajstić information content (AvgIpc) is 2.84. The molecule has 2 aromatic rings. The van der Waals surface area contributed by atoms with E-state index in [9.17, 15) is 15.3 Å². The Hall–Kier alpha value is -1.71. The lowest BCUT2D eigenvalue weighted by atomic mass is 9.89. The first-order valence-corrected chi connectivity index (χ1v) is 11.6. The molecule has 3 N–H and O–H groups in total. The van der Waals surface area contributed by atoms with Crippen LogP contribution in [-0.4, -0.2) is 66.7 Å². The van der Waals surface area contributed by atoms with E-state index in [1.54, 1.807) is 12.1 Å². The number of aliphatic hydroxyl groups excluding tert-OH is 3. The van der Waals surface area contributed by atoms with Crippen molar-refractivity contribution in [2.24, 2.45) is 0 Å². The molecule has 2 heterocycles. The lowest BCUT2D eigenvalue weighted by molar-refractivity contribution is -0.323. The zero-order chi connectivity index (χ0) is 23.4. The minimum absolute atomic E-state index is 0.0283. The largest absolute Gasteiger partial charge is 0.490 e. The molecule has 4 atom stereocenters. The Bertz CT molecular complexity index is 915. The van der Waals surface area contributed by atoms with E-state index in [0.717, 1.165) is 42.9 Å². The Morgan fingerprint density at radius 2 is 1.82 bits per heavy atom. The number of hydrogen-bond donors (Lipinski definition) is 3. The summed E-state index contributed by atoms with van der Waals surface area (Å²) in [6.45, 7) is 1.03. The molecule has 0 saturated carbocycles. The van der Waals surface area contributed by atoms with Gasteiger partial charge < -0.3 is 34.3 Å². The van der Waals surface area contributed by atoms with Crippen LogP contribution in [0.15, 0.2) is 42.5 Å². The third-order valence-electron chi connectivity index (χ3n) is 6.38. The van der Waals surface area contributed by atoms with E-state index in [0.29, 0.717) is 17.0 Å². The van der Waals surface area contributed by atoms with Crippen molar-refractivity contribution >= 4 is 11.6 Å². The van der Waals surface area contributed by atoms with Crippen molar-refractivity contribution in [3.8, 4) is 5.75 Å². The summed E-state index contributed by atoms with van der Waals surface area (Å²) >= 11 is 6.49. The van der Waals surface area contributed by atoms with Crippen LogP contribution in [0.4, 0.5) is 0 Å². The molecule has 0 aliphatic carbocycles. The van der Waals surface area contributed by atoms with Gasteiger partial charge in [-0.3, -0.25) is 0 Å². The van der Waals surface area contributed by atoms with E-state index in [1.165, 1.54) is 7.11 Å². The maximum absolute atomic E-state index is 10.3. The predicted octanol–water partition coefficient (Wildman–Crippen LogP) is 2.79. The van der Waals surface area contributed by atoms with Gasteiger partial charge in [0.1, 0.15) is 24.1 Å². The standard InChI is InChI=1S/C25H31ClO7/c1-30-25(14-22(28)24(29)23(15-27)33-25)18-4-7-21(26)17(13-18)12-16-2-5-19(6-3-16)32-20-8-10-31-11-9-20/h2-7,13,20,22-24,27-29H,8-12,14-15H2,1H3/t22-,23?,24+,25?/m1/s1. The van der Waals surface area contributed by atoms with Gasteiger partial charge in [0.05, 0.1) is 25.9 Å². The number of rotatable bonds is 7. The number of benzene rings is 2. The molecular formula is C25H31ClO7. The molecule has 0 spiro atoms. The lowest BCUT2D eigenvalue weighted by Gasteiger charge is -2.44. The predicted molar refractivity (Wildman–Crippen MR) is 122 cm³/mol. The van der Waals surface area contributed by atoms with Crippen molar-refractivity contribution in [3.05, 3.63) is 64.2 Å². The molecule has 8 heteroatoms. The van der Waals surface area contributed by atoms with Gasteiger partial charge in [-0.05, 0) is 41.8 Å². The van der Waals surface area contributed by atoms with Crippen LogP contribution in [-0.2, 0) is 26.4 Å². The van der Waals surface area contributed by atoms with E-state index in [1.807, 2.05) is 30.3 Å². The number of halogens is 1. The van der Waals surface area contributed by atoms with Crippen molar-refractivity contribution in [2.75, 3.05) is 26.9 Å². The molecule has 0 aromatic heterocycles. The summed E-state index contributed by atoms with van der Waals surface area (Å²) in [4.78, 5) is 0. The van der Waals surface area contributed by atoms with E-state index in [4.69, 9.17) is 30.5 Å². The van der Waals surface area contributed by atoms with Crippen molar-refractivity contribution < 1.29 is 34.3 Å². The van der Waals surface area contributed by atoms with Gasteiger partial charge in [-0.25, -0.2) is 0 Å². The number of hydrogen-bond acceptors (Lipinski definition) is 7. The fourth-order valence-electron chi connectivity index (χ4n) is 4.43. The summed E-state index contributed by atoms with van der Waals surface area (Å²) < 4.78 is 23.0. The maximum Gasteiger partial charge on any atom is 0.197 e. The van der Waals surface area contributed by atoms with Gasteiger partial charge in [0, 0.05) is 37.0 Å². The van der Waals surface area contributed by atoms with Crippen LogP contribution in [0, 0.1) is 0 Å². The molecule has 2 fully saturated rings. The van der Waals surface area contributed by atoms with Crippen molar-refractivity contribution in [1.29, 1.82) is 0 Å². The molecule has 2 unspecified atom stereocenters. The molecule has 180 valence electrons. The Morgan fingerprint density at radius 3 is 2.48 bits per heavy atom. The zero-order valence-electron chi connectivity index (χ0n) is 18.7. The maximum atomic E-state index is 10.3. The second-order valence-corrected chi connectivity index (χ2v) is 9.02. The topological polar surface area (TPSA) is 97.6 Å². The van der Waals surface area contributed by atoms with Crippen molar-refractivity contribution in [2.45, 2.75) is 55.9 Å². The van der Waals surface area contributed by atoms with Gasteiger partial charge >= 0.3 is 0 Å². The normalized spacial score (nSPS) is 28.6. The van der Waals surface area contributed by atoms with Gasteiger partial charge in [0.2, 0.25) is 0 Å². The van der Waals surface area contributed by atoms with Crippen LogP contribution in [0.25, 0.3) is 0 Å². The summed E-state index contributed by atoms with van der Waals surface area (Å²) in [5.74, 6) is -0.464. The highest BCUT2D eigenvalue weighted by Gasteiger charge is 2.47. The highest BCUT2D eigenvalue weighted by molar-refractivity contribution is 6.31. The molecule has 2 aliphatic heterocycles. The zero-order valence-corrected chi connectivity index (χ0v) is 19.4. The molecule has 2 aliphatic rings. The quantitative estimate of drug-likeness (QED) is 0.563. The monoisotopic (exact) mass is 478 g/mol. The number of aliphatic hydroxyl groups is 3. The fourth-order valence-corrected chi connectivity index (χ4v) is 4.61. The van der Waals surface area contributed by atoms with Crippen LogP contribution >= 0.6 is 11.6 Å². The first kappa shape index (κ1) is 24.4. The molecule has 0 radical (unpaired) electrons. The Labute approximate surface area is 198 Å². The van der Waals surface area contributed by atoms with Gasteiger partial charge in [-0.2, -0.15) is 0 Å². The van der Waals surface area contributed by atoms with Crippen LogP contribution in [0.3, 0.4) is 0 Å². The third-order valence-corrected chi connectivity index (χ3v) is 6.75. The van der Waals surface area contributed by atoms with Gasteiger partial charge in [-0.15, -0.1) is 0 Å². The number of methoxy groups -OCH3 is 1. The molecule has 0 amide bonds. The first-order chi connectivity index (χ1) is 15.9. The Kier molecular flexibility index (Phi) is 7.91. The average molecular weight is 479 g/mol. The highest BCUT2D eigenvalue weighted by atomic mass is 35.5. The minimum Gasteiger partial charge on any atom is -0.490 e. The molecule has 2 saturated heterocycles. The molecule has 0 bridgehead atoms. The molecule has 7 nitrogen and oxygen atoms in total. The van der Waals surface area contributed by atoms with E-state index in [2.05, 4.69) is 0 Å². The fraction of sp³-hybridized carbons (Fsp3) is 0.520. The van der Waals surface area contributed by atoms with E-state index < -0.39 is 30.7 Å². The Balaban J connectivity index is 1.51. The highest BCUT2D eigenvalue weighted by Crippen LogP contribution is 2.40. The van der Waals surface area contributed by atoms with E-state index >= 15 is 0 Å². The summed E-state index contributed by atoms with van der Waals surface area (Å²) in [7, 11) is 1.48. The summed E-state index contributed by atoms with van der Waals surface area (Å²) in [6, 6.07) is 13.4. The second kappa shape index (κ2) is 10.7. The molecular weight excluding hydrogens is 448 g/mol. The number of ether oxygens (including phenoxy) is 4. The van der Waals surface area contributed by atoms with Crippen LogP contribution in [0.5, 0.6) is 5.75 Å². The van der Waals surface area contributed by atoms with Gasteiger partial charge in [0.25, 0.3) is 0 Å². The summed E-state index contributed by atoms with van der Waals surface area (Å²) in [5, 5.41) is 30.6. The van der Waals surface area contributed by atoms with Gasteiger partial charge in [-0.1, -0.05) is 29.8 Å². The molecule has 2 aromatic carbocycles. The van der Waals surface area contributed by atoms with Crippen molar-refractivity contribution in [1.82, 2.24) is 0 Å². The summed E-state index contributed by atoms with van der Waals surface area (Å²) in [5.41, 5.74) is 2.59. The molecule has 33 heavy (non-hydrogen) atoms. The Morgan fingerprint density at radius 1 is 1.09 bits per heavy atom. The van der Waals surface area contributed by atoms with Crippen LogP contribution < -0.4 is 4.74 Å². The van der Waals surface area contributed by atoms with Crippen LogP contribution in [0.2, 0.25) is 5.02 Å². The SMILES string of the molecule is COC1(c2ccc(Cl)c(Cc3ccc(OC4CCOCC4)cc3)c2)C[C@@H](O)[C@H](O)C(CO)O1. The van der Waals surface area contributed by atoms with Gasteiger partial charge in [0.15, 0.2) is 5.79 Å². The van der Waals surface area contributed by atoms with Crippen molar-refractivity contribution in [3.63, 3.8) is 0 Å². The van der Waals surface area contributed by atoms with E-state index in [-0.39, 0.29) is 12.5 Å². The van der Waals surface area contributed by atoms with Crippen LogP contribution in [0.1, 0.15) is 36.0 Å². The second-order valence-electron chi connectivity index (χ2n) is 8.61. The first-order valence-electron chi connectivity index (χ1n) is 11.3. The minimum atomic E-state index is -1.30. The summed E-state index contributed by atoms with van der Waals surface area (Å²) in [6.07, 6.45) is -0.652. The third kappa shape index (κ3) is 5.52. The smallest absolute Gasteiger partial charge is 0.197 e. The molecule has 4 rings (SSSR count). The lowest BCUT2D eigenvalue weighted by Crippen LogP contribution is -2.55.